The Balaban J connectivity index is 1.35. The van der Waals surface area contributed by atoms with Gasteiger partial charge < -0.3 is 4.74 Å². The number of allylic oxidation sites excluding steroid dienone is 2. The van der Waals surface area contributed by atoms with E-state index in [9.17, 15) is 4.39 Å². The Kier molecular flexibility index (Phi) is 6.64. The van der Waals surface area contributed by atoms with Gasteiger partial charge in [0.15, 0.2) is 0 Å². The molecule has 134 valence electrons. The molecule has 2 fully saturated rings. The predicted molar refractivity (Wildman–Crippen MR) is 97.6 cm³/mol. The van der Waals surface area contributed by atoms with Crippen LogP contribution in [0, 0.1) is 29.0 Å². The number of ether oxygens (including phenoxy) is 1. The fourth-order valence-corrected chi connectivity index (χ4v) is 4.30. The summed E-state index contributed by atoms with van der Waals surface area (Å²) in [6, 6.07) is 9.09. The maximum absolute atomic E-state index is 13.0. The minimum absolute atomic E-state index is 0.154. The summed E-state index contributed by atoms with van der Waals surface area (Å²) in [5.74, 6) is 1.67. The summed E-state index contributed by atoms with van der Waals surface area (Å²) in [6.45, 7) is 0.889. The third-order valence-corrected chi connectivity index (χ3v) is 5.92. The Morgan fingerprint density at radius 2 is 1.68 bits per heavy atom. The van der Waals surface area contributed by atoms with Crippen molar-refractivity contribution in [2.75, 3.05) is 6.61 Å². The lowest BCUT2D eigenvalue weighted by Gasteiger charge is -2.32. The fraction of sp³-hybridized carbons (Fsp3) is 0.591. The molecule has 0 unspecified atom stereocenters. The van der Waals surface area contributed by atoms with Crippen LogP contribution in [0.5, 0.6) is 0 Å². The van der Waals surface area contributed by atoms with Crippen LogP contribution < -0.4 is 0 Å². The van der Waals surface area contributed by atoms with E-state index in [0.29, 0.717) is 23.9 Å². The average molecular weight is 341 g/mol. The molecule has 0 saturated heterocycles. The molecule has 2 nitrogen and oxygen atoms in total. The van der Waals surface area contributed by atoms with Gasteiger partial charge in [-0.25, -0.2) is 4.39 Å². The average Bonchev–Trinajstić information content (AvgIpc) is 2.67. The van der Waals surface area contributed by atoms with E-state index in [0.717, 1.165) is 32.3 Å². The van der Waals surface area contributed by atoms with Crippen molar-refractivity contribution in [1.82, 2.24) is 0 Å². The molecule has 0 heterocycles. The van der Waals surface area contributed by atoms with Gasteiger partial charge in [0, 0.05) is 12.7 Å². The van der Waals surface area contributed by atoms with Gasteiger partial charge in [0.05, 0.1) is 12.2 Å². The first kappa shape index (κ1) is 18.1. The molecule has 3 rings (SSSR count). The largest absolute Gasteiger partial charge is 0.378 e. The van der Waals surface area contributed by atoms with Crippen LogP contribution in [0.15, 0.2) is 36.4 Å². The van der Waals surface area contributed by atoms with Crippen molar-refractivity contribution in [1.29, 1.82) is 5.26 Å². The van der Waals surface area contributed by atoms with Gasteiger partial charge in [0.25, 0.3) is 0 Å². The molecule has 2 aliphatic rings. The normalized spacial score (nSPS) is 30.2. The van der Waals surface area contributed by atoms with E-state index in [1.54, 1.807) is 18.2 Å². The van der Waals surface area contributed by atoms with Crippen molar-refractivity contribution in [3.63, 3.8) is 0 Å². The second-order valence-electron chi connectivity index (χ2n) is 7.63. The summed E-state index contributed by atoms with van der Waals surface area (Å²) in [6.07, 6.45) is 13.4. The van der Waals surface area contributed by atoms with Crippen LogP contribution in [0.2, 0.25) is 0 Å². The second kappa shape index (κ2) is 9.15. The number of hydrogen-bond acceptors (Lipinski definition) is 2. The Hall–Kier alpha value is -1.66. The van der Waals surface area contributed by atoms with E-state index in [1.165, 1.54) is 31.2 Å². The molecular formula is C22H28FNO. The minimum atomic E-state index is -0.154. The molecule has 0 aliphatic heterocycles. The number of benzene rings is 1. The quantitative estimate of drug-likeness (QED) is 0.638. The van der Waals surface area contributed by atoms with E-state index in [4.69, 9.17) is 10.00 Å². The molecule has 0 amide bonds. The molecular weight excluding hydrogens is 313 g/mol. The van der Waals surface area contributed by atoms with Gasteiger partial charge >= 0.3 is 0 Å². The molecule has 1 aromatic rings. The Labute approximate surface area is 150 Å². The Morgan fingerprint density at radius 1 is 1.00 bits per heavy atom. The van der Waals surface area contributed by atoms with Crippen LogP contribution in [0.4, 0.5) is 4.39 Å². The highest BCUT2D eigenvalue weighted by atomic mass is 19.1. The van der Waals surface area contributed by atoms with E-state index in [2.05, 4.69) is 12.1 Å². The summed E-state index contributed by atoms with van der Waals surface area (Å²) in [5.41, 5.74) is 1.27. The lowest BCUT2D eigenvalue weighted by Crippen LogP contribution is -2.25. The topological polar surface area (TPSA) is 33.0 Å². The third kappa shape index (κ3) is 5.41. The van der Waals surface area contributed by atoms with Crippen LogP contribution >= 0.6 is 0 Å². The first-order valence-corrected chi connectivity index (χ1v) is 9.68. The number of rotatable bonds is 5. The summed E-state index contributed by atoms with van der Waals surface area (Å²) in [5, 5.41) is 8.61. The van der Waals surface area contributed by atoms with E-state index in [-0.39, 0.29) is 5.82 Å². The highest BCUT2D eigenvalue weighted by molar-refractivity contribution is 5.21. The van der Waals surface area contributed by atoms with Crippen LogP contribution in [0.25, 0.3) is 0 Å². The Morgan fingerprint density at radius 3 is 2.32 bits per heavy atom. The van der Waals surface area contributed by atoms with Gasteiger partial charge in [-0.3, -0.25) is 0 Å². The second-order valence-corrected chi connectivity index (χ2v) is 7.63. The molecule has 2 aliphatic carbocycles. The predicted octanol–water partition coefficient (Wildman–Crippen LogP) is 5.75. The first-order valence-electron chi connectivity index (χ1n) is 9.68. The van der Waals surface area contributed by atoms with E-state index in [1.807, 2.05) is 12.1 Å². The lowest BCUT2D eigenvalue weighted by molar-refractivity contribution is -0.00337. The van der Waals surface area contributed by atoms with Gasteiger partial charge in [-0.15, -0.1) is 0 Å². The van der Waals surface area contributed by atoms with Gasteiger partial charge in [-0.2, -0.15) is 5.26 Å². The van der Waals surface area contributed by atoms with Crippen molar-refractivity contribution in [3.8, 4) is 6.07 Å². The molecule has 1 aromatic carbocycles. The zero-order valence-electron chi connectivity index (χ0n) is 14.9. The number of nitrogens with zero attached hydrogens (tertiary/aromatic N) is 1. The standard InChI is InChI=1S/C22H28FNO/c23-21-11-7-19(8-12-21)20-9-13-22(14-10-20)25-16-18-5-3-17(4-6-18)2-1-15-24/h1-2,7-8,11-12,17-18,20,22H,3-6,9-10,13-14,16H2/b2-1+. The van der Waals surface area contributed by atoms with E-state index >= 15 is 0 Å². The van der Waals surface area contributed by atoms with E-state index < -0.39 is 0 Å². The minimum Gasteiger partial charge on any atom is -0.378 e. The molecule has 0 N–H and O–H groups in total. The smallest absolute Gasteiger partial charge is 0.123 e. The van der Waals surface area contributed by atoms with Crippen molar-refractivity contribution in [2.45, 2.75) is 63.4 Å². The fourth-order valence-electron chi connectivity index (χ4n) is 4.30. The molecule has 0 spiro atoms. The van der Waals surface area contributed by atoms with Gasteiger partial charge in [-0.05, 0) is 86.8 Å². The van der Waals surface area contributed by atoms with Crippen molar-refractivity contribution < 1.29 is 9.13 Å². The van der Waals surface area contributed by atoms with Crippen LogP contribution in [0.1, 0.15) is 62.8 Å². The summed E-state index contributed by atoms with van der Waals surface area (Å²) in [7, 11) is 0. The molecule has 0 atom stereocenters. The highest BCUT2D eigenvalue weighted by Crippen LogP contribution is 2.35. The SMILES string of the molecule is N#C/C=C/C1CCC(COC2CCC(c3ccc(F)cc3)CC2)CC1. The molecule has 2 saturated carbocycles. The lowest BCUT2D eigenvalue weighted by atomic mass is 9.81. The number of nitriles is 1. The summed E-state index contributed by atoms with van der Waals surface area (Å²) < 4.78 is 19.3. The van der Waals surface area contributed by atoms with Gasteiger partial charge in [0.2, 0.25) is 0 Å². The Bertz CT molecular complexity index is 587. The zero-order chi connectivity index (χ0) is 17.5. The number of halogens is 1. The molecule has 0 aromatic heterocycles. The van der Waals surface area contributed by atoms with Crippen LogP contribution in [-0.4, -0.2) is 12.7 Å². The van der Waals surface area contributed by atoms with Crippen LogP contribution in [-0.2, 0) is 4.74 Å². The molecule has 3 heteroatoms. The van der Waals surface area contributed by atoms with Crippen molar-refractivity contribution >= 4 is 0 Å². The van der Waals surface area contributed by atoms with Gasteiger partial charge in [0.1, 0.15) is 5.82 Å². The van der Waals surface area contributed by atoms with Crippen molar-refractivity contribution in [3.05, 3.63) is 47.8 Å². The van der Waals surface area contributed by atoms with Crippen LogP contribution in [0.3, 0.4) is 0 Å². The zero-order valence-corrected chi connectivity index (χ0v) is 14.9. The summed E-state index contributed by atoms with van der Waals surface area (Å²) in [4.78, 5) is 0. The highest BCUT2D eigenvalue weighted by Gasteiger charge is 2.25. The summed E-state index contributed by atoms with van der Waals surface area (Å²) >= 11 is 0. The van der Waals surface area contributed by atoms with Crippen molar-refractivity contribution in [2.24, 2.45) is 11.8 Å². The molecule has 0 radical (unpaired) electrons. The molecule has 0 bridgehead atoms. The first-order chi connectivity index (χ1) is 12.2. The monoisotopic (exact) mass is 341 g/mol. The van der Waals surface area contributed by atoms with Gasteiger partial charge in [-0.1, -0.05) is 18.2 Å². The third-order valence-electron chi connectivity index (χ3n) is 5.92. The maximum Gasteiger partial charge on any atom is 0.123 e. The maximum atomic E-state index is 13.0. The molecule has 25 heavy (non-hydrogen) atoms. The number of hydrogen-bond donors (Lipinski definition) is 0.